The average Bonchev–Trinajstić information content (AvgIpc) is 3.20. The van der Waals surface area contributed by atoms with Crippen LogP contribution >= 0.6 is 0 Å². The Kier molecular flexibility index (Phi) is 9.34. The number of hydrogen-bond acceptors (Lipinski definition) is 9. The molecule has 2 aliphatic rings. The molecule has 4 atom stereocenters. The fourth-order valence-corrected chi connectivity index (χ4v) is 4.51. The number of anilines is 1. The number of hydrogen-bond donors (Lipinski definition) is 3. The Morgan fingerprint density at radius 2 is 1.88 bits per heavy atom. The van der Waals surface area contributed by atoms with E-state index >= 15 is 0 Å². The van der Waals surface area contributed by atoms with Crippen molar-refractivity contribution in [2.45, 2.75) is 95.9 Å². The Morgan fingerprint density at radius 1 is 1.19 bits per heavy atom. The molecule has 43 heavy (non-hydrogen) atoms. The number of ether oxygens (including phenoxy) is 3. The number of amides is 2. The Bertz CT molecular complexity index is 1340. The van der Waals surface area contributed by atoms with Gasteiger partial charge in [-0.1, -0.05) is 13.8 Å². The Morgan fingerprint density at radius 3 is 2.51 bits per heavy atom. The molecule has 0 bridgehead atoms. The summed E-state index contributed by atoms with van der Waals surface area (Å²) in [5.74, 6) is -2.12. The molecule has 0 aromatic carbocycles. The standard InChI is InChI=1S/C26H35F4N7O6/c1-13(2)21(31)23(39)41-12-37-20(32-22(38)18-9-15(34-36(18)4)11-42-26(28,29)30)10-17(35-37)14-7-16(27)19(8-14)43-24(40)33-25(3)5-6-25/h9-10,13-14,16,19,21H,5-8,11-12,31H2,1-4H3,(H,32,38)(H,33,40)/t14-,16+,19-,21-/m0/s1. The van der Waals surface area contributed by atoms with Crippen molar-refractivity contribution in [1.29, 1.82) is 0 Å². The van der Waals surface area contributed by atoms with Crippen LogP contribution in [-0.4, -0.2) is 67.7 Å². The van der Waals surface area contributed by atoms with Crippen LogP contribution in [0.15, 0.2) is 12.1 Å². The second kappa shape index (κ2) is 12.5. The highest BCUT2D eigenvalue weighted by Gasteiger charge is 2.43. The van der Waals surface area contributed by atoms with Crippen LogP contribution in [0.5, 0.6) is 0 Å². The number of halogens is 4. The van der Waals surface area contributed by atoms with Crippen molar-refractivity contribution in [3.8, 4) is 0 Å². The maximum absolute atomic E-state index is 14.9. The van der Waals surface area contributed by atoms with Crippen LogP contribution in [0.1, 0.15) is 74.2 Å². The molecule has 0 unspecified atom stereocenters. The number of aryl methyl sites for hydroxylation is 1. The maximum Gasteiger partial charge on any atom is 0.522 e. The van der Waals surface area contributed by atoms with Crippen molar-refractivity contribution in [1.82, 2.24) is 24.9 Å². The highest BCUT2D eigenvalue weighted by atomic mass is 19.4. The number of alkyl carbamates (subject to hydrolysis) is 1. The van der Waals surface area contributed by atoms with Crippen molar-refractivity contribution < 1.29 is 46.2 Å². The van der Waals surface area contributed by atoms with E-state index in [1.807, 2.05) is 6.92 Å². The summed E-state index contributed by atoms with van der Waals surface area (Å²) in [7, 11) is 1.36. The van der Waals surface area contributed by atoms with Crippen LogP contribution < -0.4 is 16.4 Å². The minimum Gasteiger partial charge on any atom is -0.443 e. The summed E-state index contributed by atoms with van der Waals surface area (Å²) >= 11 is 0. The fourth-order valence-electron chi connectivity index (χ4n) is 4.51. The Hall–Kier alpha value is -3.73. The largest absolute Gasteiger partial charge is 0.522 e. The third kappa shape index (κ3) is 8.43. The van der Waals surface area contributed by atoms with Crippen molar-refractivity contribution >= 4 is 23.8 Å². The molecule has 2 aromatic rings. The van der Waals surface area contributed by atoms with Crippen LogP contribution in [0.2, 0.25) is 0 Å². The Balaban J connectivity index is 1.50. The quantitative estimate of drug-likeness (QED) is 0.254. The smallest absolute Gasteiger partial charge is 0.443 e. The minimum atomic E-state index is -4.87. The van der Waals surface area contributed by atoms with Gasteiger partial charge in [0, 0.05) is 24.6 Å². The number of carbonyl (C=O) groups excluding carboxylic acids is 3. The van der Waals surface area contributed by atoms with Gasteiger partial charge in [-0.05, 0) is 44.6 Å². The number of rotatable bonds is 11. The van der Waals surface area contributed by atoms with E-state index < -0.39 is 61.9 Å². The van der Waals surface area contributed by atoms with E-state index in [9.17, 15) is 31.9 Å². The monoisotopic (exact) mass is 617 g/mol. The number of alkyl halides is 4. The number of aromatic nitrogens is 4. The van der Waals surface area contributed by atoms with Gasteiger partial charge in [0.2, 0.25) is 0 Å². The minimum absolute atomic E-state index is 0.0120. The van der Waals surface area contributed by atoms with Crippen molar-refractivity contribution in [3.05, 3.63) is 29.2 Å². The summed E-state index contributed by atoms with van der Waals surface area (Å²) in [4.78, 5) is 37.7. The summed E-state index contributed by atoms with van der Waals surface area (Å²) in [5.41, 5.74) is 5.63. The van der Waals surface area contributed by atoms with Crippen LogP contribution in [-0.2, 0) is 39.4 Å². The third-order valence-corrected chi connectivity index (χ3v) is 7.42. The van der Waals surface area contributed by atoms with Gasteiger partial charge >= 0.3 is 18.4 Å². The summed E-state index contributed by atoms with van der Waals surface area (Å²) < 4.78 is 68.8. The van der Waals surface area contributed by atoms with Gasteiger partial charge in [-0.25, -0.2) is 13.9 Å². The number of carbonyl (C=O) groups is 3. The summed E-state index contributed by atoms with van der Waals surface area (Å²) in [6.45, 7) is 4.00. The van der Waals surface area contributed by atoms with Gasteiger partial charge in [0.1, 0.15) is 36.4 Å². The van der Waals surface area contributed by atoms with E-state index in [1.165, 1.54) is 17.8 Å². The van der Waals surface area contributed by atoms with Crippen LogP contribution in [0.25, 0.3) is 0 Å². The molecule has 13 nitrogen and oxygen atoms in total. The lowest BCUT2D eigenvalue weighted by molar-refractivity contribution is -0.330. The third-order valence-electron chi connectivity index (χ3n) is 7.42. The van der Waals surface area contributed by atoms with Crippen LogP contribution in [0.3, 0.4) is 0 Å². The predicted octanol–water partition coefficient (Wildman–Crippen LogP) is 3.25. The maximum atomic E-state index is 14.9. The van der Waals surface area contributed by atoms with Gasteiger partial charge in [0.05, 0.1) is 11.4 Å². The molecule has 17 heteroatoms. The molecular formula is C26H35F4N7O6. The number of esters is 1. The van der Waals surface area contributed by atoms with E-state index in [-0.39, 0.29) is 41.5 Å². The molecule has 0 spiro atoms. The SMILES string of the molecule is CC(C)[C@H](N)C(=O)OCn1nc([C@H]2C[C@@H](F)[C@@H](OC(=O)NC3(C)CC3)C2)cc1NC(=O)c1cc(COC(F)(F)F)nn1C. The topological polar surface area (TPSA) is 165 Å². The zero-order valence-corrected chi connectivity index (χ0v) is 24.1. The molecule has 4 rings (SSSR count). The molecule has 4 N–H and O–H groups in total. The van der Waals surface area contributed by atoms with Crippen LogP contribution in [0.4, 0.5) is 28.2 Å². The zero-order valence-electron chi connectivity index (χ0n) is 24.1. The molecule has 2 aromatic heterocycles. The second-order valence-corrected chi connectivity index (χ2v) is 11.5. The highest BCUT2D eigenvalue weighted by molar-refractivity contribution is 6.02. The first-order valence-corrected chi connectivity index (χ1v) is 13.7. The van der Waals surface area contributed by atoms with E-state index in [2.05, 4.69) is 25.6 Å². The zero-order chi connectivity index (χ0) is 31.7. The molecule has 238 valence electrons. The molecule has 2 aliphatic carbocycles. The van der Waals surface area contributed by atoms with E-state index in [4.69, 9.17) is 15.2 Å². The predicted molar refractivity (Wildman–Crippen MR) is 141 cm³/mol. The summed E-state index contributed by atoms with van der Waals surface area (Å²) in [6.07, 6.45) is -6.30. The van der Waals surface area contributed by atoms with Gasteiger partial charge in [-0.15, -0.1) is 13.2 Å². The molecule has 0 aliphatic heterocycles. The summed E-state index contributed by atoms with van der Waals surface area (Å²) in [6, 6.07) is 1.68. The Labute approximate surface area is 244 Å². The second-order valence-electron chi connectivity index (χ2n) is 11.5. The van der Waals surface area contributed by atoms with Gasteiger partial charge in [0.25, 0.3) is 5.91 Å². The van der Waals surface area contributed by atoms with Crippen LogP contribution in [0, 0.1) is 5.92 Å². The normalized spacial score (nSPS) is 21.9. The lowest BCUT2D eigenvalue weighted by Gasteiger charge is -2.17. The number of nitrogens with zero attached hydrogens (tertiary/aromatic N) is 4. The first kappa shape index (κ1) is 32.2. The van der Waals surface area contributed by atoms with E-state index in [1.54, 1.807) is 13.8 Å². The van der Waals surface area contributed by atoms with E-state index in [0.29, 0.717) is 5.69 Å². The number of nitrogens with one attached hydrogen (secondary N) is 2. The molecule has 2 fully saturated rings. The van der Waals surface area contributed by atoms with Gasteiger partial charge < -0.3 is 25.8 Å². The van der Waals surface area contributed by atoms with Crippen molar-refractivity contribution in [3.63, 3.8) is 0 Å². The first-order chi connectivity index (χ1) is 20.0. The van der Waals surface area contributed by atoms with Gasteiger partial charge in [-0.3, -0.25) is 19.0 Å². The van der Waals surface area contributed by atoms with Crippen molar-refractivity contribution in [2.75, 3.05) is 5.32 Å². The fraction of sp³-hybridized carbons (Fsp3) is 0.654. The first-order valence-electron chi connectivity index (χ1n) is 13.7. The van der Waals surface area contributed by atoms with Crippen molar-refractivity contribution in [2.24, 2.45) is 18.7 Å². The molecule has 2 heterocycles. The molecule has 2 amide bonds. The molecular weight excluding hydrogens is 582 g/mol. The lowest BCUT2D eigenvalue weighted by atomic mass is 10.0. The van der Waals surface area contributed by atoms with E-state index in [0.717, 1.165) is 23.6 Å². The summed E-state index contributed by atoms with van der Waals surface area (Å²) in [5, 5.41) is 13.6. The van der Waals surface area contributed by atoms with Gasteiger partial charge in [0.15, 0.2) is 6.73 Å². The highest BCUT2D eigenvalue weighted by Crippen LogP contribution is 2.39. The molecule has 2 saturated carbocycles. The van der Waals surface area contributed by atoms with Gasteiger partial charge in [-0.2, -0.15) is 10.2 Å². The lowest BCUT2D eigenvalue weighted by Crippen LogP contribution is -2.38. The molecule has 0 radical (unpaired) electrons. The number of nitrogens with two attached hydrogens (primary N) is 1. The average molecular weight is 618 g/mol. The molecule has 0 saturated heterocycles.